The summed E-state index contributed by atoms with van der Waals surface area (Å²) in [6, 6.07) is 8.85. The topological polar surface area (TPSA) is 24.8 Å². The van der Waals surface area contributed by atoms with Crippen LogP contribution in [0.15, 0.2) is 29.3 Å². The third kappa shape index (κ3) is 4.50. The molecule has 0 N–H and O–H groups in total. The molecular formula is C18H26N2OS. The molecule has 1 aromatic carbocycles. The van der Waals surface area contributed by atoms with E-state index in [-0.39, 0.29) is 0 Å². The summed E-state index contributed by atoms with van der Waals surface area (Å²) >= 11 is 1.85. The van der Waals surface area contributed by atoms with E-state index in [0.717, 1.165) is 24.5 Å². The van der Waals surface area contributed by atoms with E-state index in [1.807, 2.05) is 11.8 Å². The van der Waals surface area contributed by atoms with Crippen LogP contribution in [0.25, 0.3) is 0 Å². The van der Waals surface area contributed by atoms with Crippen molar-refractivity contribution in [3.8, 4) is 5.75 Å². The summed E-state index contributed by atoms with van der Waals surface area (Å²) in [5.74, 6) is 2.07. The monoisotopic (exact) mass is 318 g/mol. The van der Waals surface area contributed by atoms with Crippen molar-refractivity contribution in [3.05, 3.63) is 29.8 Å². The van der Waals surface area contributed by atoms with Gasteiger partial charge in [0.25, 0.3) is 0 Å². The van der Waals surface area contributed by atoms with Gasteiger partial charge in [-0.3, -0.25) is 4.99 Å². The molecular weight excluding hydrogens is 292 g/mol. The highest BCUT2D eigenvalue weighted by atomic mass is 32.2. The Kier molecular flexibility index (Phi) is 5.79. The molecule has 1 aromatic rings. The van der Waals surface area contributed by atoms with Crippen LogP contribution in [0.3, 0.4) is 0 Å². The van der Waals surface area contributed by atoms with Crippen LogP contribution in [0, 0.1) is 0 Å². The van der Waals surface area contributed by atoms with Crippen LogP contribution >= 0.6 is 11.8 Å². The Bertz CT molecular complexity index is 494. The summed E-state index contributed by atoms with van der Waals surface area (Å²) in [7, 11) is 0. The second-order valence-electron chi connectivity index (χ2n) is 6.22. The Morgan fingerprint density at radius 3 is 2.64 bits per heavy atom. The Hall–Kier alpha value is -1.00. The van der Waals surface area contributed by atoms with Gasteiger partial charge >= 0.3 is 0 Å². The first-order chi connectivity index (χ1) is 10.8. The zero-order valence-corrected chi connectivity index (χ0v) is 14.3. The van der Waals surface area contributed by atoms with E-state index >= 15 is 0 Å². The summed E-state index contributed by atoms with van der Waals surface area (Å²) in [6.45, 7) is 6.69. The Balaban J connectivity index is 1.40. The van der Waals surface area contributed by atoms with Crippen molar-refractivity contribution in [1.29, 1.82) is 0 Å². The number of benzene rings is 1. The van der Waals surface area contributed by atoms with Crippen molar-refractivity contribution >= 4 is 16.8 Å². The van der Waals surface area contributed by atoms with E-state index in [1.54, 1.807) is 0 Å². The molecule has 0 radical (unpaired) electrons. The number of rotatable bonds is 6. The van der Waals surface area contributed by atoms with Crippen molar-refractivity contribution in [2.75, 3.05) is 32.0 Å². The summed E-state index contributed by atoms with van der Waals surface area (Å²) < 4.78 is 5.86. The highest BCUT2D eigenvalue weighted by Crippen LogP contribution is 2.24. The summed E-state index contributed by atoms with van der Waals surface area (Å²) in [4.78, 5) is 7.21. The van der Waals surface area contributed by atoms with E-state index in [1.165, 1.54) is 49.5 Å². The third-order valence-corrected chi connectivity index (χ3v) is 5.50. The van der Waals surface area contributed by atoms with Gasteiger partial charge in [0.2, 0.25) is 0 Å². The number of thioether (sulfide) groups is 1. The fourth-order valence-corrected chi connectivity index (χ4v) is 4.02. The van der Waals surface area contributed by atoms with Crippen LogP contribution in [0.2, 0.25) is 0 Å². The van der Waals surface area contributed by atoms with Crippen LogP contribution in [0.5, 0.6) is 5.75 Å². The van der Waals surface area contributed by atoms with Crippen LogP contribution < -0.4 is 4.74 Å². The van der Waals surface area contributed by atoms with Crippen LogP contribution in [0.4, 0.5) is 0 Å². The van der Waals surface area contributed by atoms with E-state index in [0.29, 0.717) is 6.04 Å². The first kappa shape index (κ1) is 15.9. The number of nitrogens with zero attached hydrogens (tertiary/aromatic N) is 2. The predicted octanol–water partition coefficient (Wildman–Crippen LogP) is 3.82. The highest BCUT2D eigenvalue weighted by molar-refractivity contribution is 8.14. The lowest BCUT2D eigenvalue weighted by Gasteiger charge is -2.26. The normalized spacial score (nSPS) is 22.6. The average Bonchev–Trinajstić information content (AvgIpc) is 3.00. The van der Waals surface area contributed by atoms with Crippen molar-refractivity contribution in [2.24, 2.45) is 4.99 Å². The number of likely N-dealkylation sites (tertiary alicyclic amines) is 1. The van der Waals surface area contributed by atoms with Gasteiger partial charge in [0.15, 0.2) is 0 Å². The second kappa shape index (κ2) is 8.02. The van der Waals surface area contributed by atoms with Gasteiger partial charge in [-0.1, -0.05) is 6.42 Å². The van der Waals surface area contributed by atoms with Crippen LogP contribution in [0.1, 0.15) is 38.2 Å². The van der Waals surface area contributed by atoms with Crippen molar-refractivity contribution in [2.45, 2.75) is 38.6 Å². The second-order valence-corrected chi connectivity index (χ2v) is 7.23. The molecule has 1 saturated heterocycles. The minimum absolute atomic E-state index is 0.450. The molecule has 0 bridgehead atoms. The molecule has 1 fully saturated rings. The highest BCUT2D eigenvalue weighted by Gasteiger charge is 2.15. The van der Waals surface area contributed by atoms with Crippen molar-refractivity contribution in [3.63, 3.8) is 0 Å². The van der Waals surface area contributed by atoms with Gasteiger partial charge in [-0.05, 0) is 63.5 Å². The smallest absolute Gasteiger partial charge is 0.119 e. The lowest BCUT2D eigenvalue weighted by molar-refractivity contribution is 0.205. The molecule has 0 amide bonds. The van der Waals surface area contributed by atoms with E-state index < -0.39 is 0 Å². The minimum Gasteiger partial charge on any atom is -0.494 e. The zero-order valence-electron chi connectivity index (χ0n) is 13.5. The molecule has 0 saturated carbocycles. The van der Waals surface area contributed by atoms with E-state index in [2.05, 4.69) is 41.1 Å². The Morgan fingerprint density at radius 1 is 1.18 bits per heavy atom. The molecule has 1 unspecified atom stereocenters. The largest absolute Gasteiger partial charge is 0.494 e. The molecule has 0 aromatic heterocycles. The quantitative estimate of drug-likeness (QED) is 0.745. The van der Waals surface area contributed by atoms with Gasteiger partial charge < -0.3 is 9.64 Å². The summed E-state index contributed by atoms with van der Waals surface area (Å²) in [5.41, 5.74) is 1.22. The van der Waals surface area contributed by atoms with Crippen molar-refractivity contribution < 1.29 is 4.74 Å². The molecule has 3 nitrogen and oxygen atoms in total. The fourth-order valence-electron chi connectivity index (χ4n) is 2.99. The first-order valence-corrected chi connectivity index (χ1v) is 9.46. The van der Waals surface area contributed by atoms with Gasteiger partial charge in [0, 0.05) is 17.9 Å². The number of aliphatic imine (C=N–C) groups is 1. The zero-order chi connectivity index (χ0) is 15.2. The standard InChI is InChI=1S/C18H26N2OS/c1-15-14-22-18(19-15)16-6-8-17(9-7-16)21-13-5-12-20-10-3-2-4-11-20/h6-9,15H,2-5,10-14H2,1H3. The molecule has 4 heteroatoms. The number of ether oxygens (including phenoxy) is 1. The summed E-state index contributed by atoms with van der Waals surface area (Å²) in [5, 5.41) is 1.17. The molecule has 22 heavy (non-hydrogen) atoms. The Labute approximate surface area is 138 Å². The first-order valence-electron chi connectivity index (χ1n) is 8.47. The van der Waals surface area contributed by atoms with Gasteiger partial charge in [-0.15, -0.1) is 11.8 Å². The number of hydrogen-bond donors (Lipinski definition) is 0. The fraction of sp³-hybridized carbons (Fsp3) is 0.611. The maximum Gasteiger partial charge on any atom is 0.119 e. The average molecular weight is 318 g/mol. The molecule has 120 valence electrons. The van der Waals surface area contributed by atoms with Crippen molar-refractivity contribution in [1.82, 2.24) is 4.90 Å². The van der Waals surface area contributed by atoms with Gasteiger partial charge in [0.05, 0.1) is 17.7 Å². The number of piperidine rings is 1. The van der Waals surface area contributed by atoms with Crippen LogP contribution in [-0.4, -0.2) is 48.0 Å². The molecule has 0 aliphatic carbocycles. The van der Waals surface area contributed by atoms with Gasteiger partial charge in [-0.25, -0.2) is 0 Å². The van der Waals surface area contributed by atoms with Crippen LogP contribution in [-0.2, 0) is 0 Å². The molecule has 2 aliphatic rings. The van der Waals surface area contributed by atoms with Gasteiger partial charge in [-0.2, -0.15) is 0 Å². The lowest BCUT2D eigenvalue weighted by Crippen LogP contribution is -2.31. The SMILES string of the molecule is CC1CSC(c2ccc(OCCCN3CCCCC3)cc2)=N1. The lowest BCUT2D eigenvalue weighted by atomic mass is 10.1. The summed E-state index contributed by atoms with van der Waals surface area (Å²) in [6.07, 6.45) is 5.25. The maximum atomic E-state index is 5.86. The molecule has 3 rings (SSSR count). The molecule has 2 aliphatic heterocycles. The number of hydrogen-bond acceptors (Lipinski definition) is 4. The van der Waals surface area contributed by atoms with E-state index in [9.17, 15) is 0 Å². The molecule has 0 spiro atoms. The molecule has 1 atom stereocenters. The molecule has 2 heterocycles. The van der Waals surface area contributed by atoms with Gasteiger partial charge in [0.1, 0.15) is 5.75 Å². The third-order valence-electron chi connectivity index (χ3n) is 4.24. The maximum absolute atomic E-state index is 5.86. The Morgan fingerprint density at radius 2 is 1.95 bits per heavy atom. The van der Waals surface area contributed by atoms with E-state index in [4.69, 9.17) is 4.74 Å². The predicted molar refractivity (Wildman–Crippen MR) is 95.3 cm³/mol. The minimum atomic E-state index is 0.450.